The number of nitrogens with one attached hydrogen (secondary N) is 1. The Morgan fingerprint density at radius 3 is 2.29 bits per heavy atom. The molecule has 5 nitrogen and oxygen atoms in total. The standard InChI is InChI=1S/C27H23Cl2N3O2/c1-27(2)14-13-19-15-22(11-12-24(19)34-27)30-26(33)32-16-23(17-3-7-20(28)8-4-17)25(31-32)18-5-9-21(29)10-6-18/h3-12,15-16H,13-14H2,1-2H3,(H,30,33). The molecule has 0 atom stereocenters. The molecule has 4 aromatic rings. The topological polar surface area (TPSA) is 56.2 Å². The number of ether oxygens (including phenoxy) is 1. The van der Waals surface area contributed by atoms with Crippen LogP contribution in [0.3, 0.4) is 0 Å². The van der Waals surface area contributed by atoms with Crippen molar-refractivity contribution >= 4 is 34.9 Å². The Bertz CT molecular complexity index is 1300. The summed E-state index contributed by atoms with van der Waals surface area (Å²) in [5.74, 6) is 0.864. The van der Waals surface area contributed by atoms with Crippen molar-refractivity contribution in [2.75, 3.05) is 5.32 Å². The number of benzene rings is 3. The largest absolute Gasteiger partial charge is 0.488 e. The van der Waals surface area contributed by atoms with Crippen molar-refractivity contribution in [1.82, 2.24) is 9.78 Å². The highest BCUT2D eigenvalue weighted by atomic mass is 35.5. The average Bonchev–Trinajstić information content (AvgIpc) is 3.25. The van der Waals surface area contributed by atoms with Gasteiger partial charge in [0, 0.05) is 33.1 Å². The molecule has 5 rings (SSSR count). The molecule has 0 saturated heterocycles. The fourth-order valence-electron chi connectivity index (χ4n) is 4.06. The lowest BCUT2D eigenvalue weighted by Gasteiger charge is -2.32. The van der Waals surface area contributed by atoms with Crippen LogP contribution in [0.5, 0.6) is 5.75 Å². The zero-order valence-corrected chi connectivity index (χ0v) is 20.3. The normalized spacial score (nSPS) is 14.2. The van der Waals surface area contributed by atoms with E-state index < -0.39 is 0 Å². The molecule has 1 aliphatic rings. The number of amides is 1. The predicted octanol–water partition coefficient (Wildman–Crippen LogP) is 7.71. The second kappa shape index (κ2) is 8.82. The molecule has 0 saturated carbocycles. The number of aryl methyl sites for hydroxylation is 1. The maximum atomic E-state index is 13.1. The summed E-state index contributed by atoms with van der Waals surface area (Å²) in [6, 6.07) is 20.2. The minimum atomic E-state index is -0.354. The first-order valence-corrected chi connectivity index (χ1v) is 11.8. The van der Waals surface area contributed by atoms with Crippen molar-refractivity contribution < 1.29 is 9.53 Å². The molecular formula is C27H23Cl2N3O2. The Hall–Kier alpha value is -3.28. The molecule has 0 fully saturated rings. The average molecular weight is 492 g/mol. The Morgan fingerprint density at radius 1 is 0.971 bits per heavy atom. The molecule has 7 heteroatoms. The molecule has 1 aliphatic heterocycles. The van der Waals surface area contributed by atoms with Crippen LogP contribution >= 0.6 is 23.2 Å². The summed E-state index contributed by atoms with van der Waals surface area (Å²) in [6.07, 6.45) is 3.55. The van der Waals surface area contributed by atoms with Crippen LogP contribution in [0.15, 0.2) is 72.9 Å². The van der Waals surface area contributed by atoms with Crippen LogP contribution in [0, 0.1) is 0 Å². The molecule has 0 bridgehead atoms. The van der Waals surface area contributed by atoms with Crippen LogP contribution in [-0.4, -0.2) is 21.4 Å². The van der Waals surface area contributed by atoms with E-state index in [-0.39, 0.29) is 11.6 Å². The second-order valence-corrected chi connectivity index (χ2v) is 9.84. The zero-order valence-electron chi connectivity index (χ0n) is 18.8. The molecule has 3 aromatic carbocycles. The Morgan fingerprint density at radius 2 is 1.62 bits per heavy atom. The highest BCUT2D eigenvalue weighted by Gasteiger charge is 2.26. The van der Waals surface area contributed by atoms with E-state index in [1.165, 1.54) is 4.68 Å². The lowest BCUT2D eigenvalue weighted by Crippen LogP contribution is -2.32. The van der Waals surface area contributed by atoms with Crippen molar-refractivity contribution in [2.24, 2.45) is 0 Å². The van der Waals surface area contributed by atoms with E-state index in [9.17, 15) is 4.79 Å². The lowest BCUT2D eigenvalue weighted by molar-refractivity contribution is 0.0847. The molecule has 0 radical (unpaired) electrons. The summed E-state index contributed by atoms with van der Waals surface area (Å²) in [4.78, 5) is 13.1. The van der Waals surface area contributed by atoms with Crippen LogP contribution < -0.4 is 10.1 Å². The van der Waals surface area contributed by atoms with Gasteiger partial charge in [0.15, 0.2) is 0 Å². The lowest BCUT2D eigenvalue weighted by atomic mass is 9.94. The summed E-state index contributed by atoms with van der Waals surface area (Å²) in [7, 11) is 0. The molecule has 0 unspecified atom stereocenters. The van der Waals surface area contributed by atoms with Crippen LogP contribution in [0.25, 0.3) is 22.4 Å². The van der Waals surface area contributed by atoms with Gasteiger partial charge in [-0.15, -0.1) is 0 Å². The van der Waals surface area contributed by atoms with Crippen molar-refractivity contribution in [3.63, 3.8) is 0 Å². The van der Waals surface area contributed by atoms with Crippen molar-refractivity contribution in [2.45, 2.75) is 32.3 Å². The van der Waals surface area contributed by atoms with E-state index in [0.29, 0.717) is 21.4 Å². The quantitative estimate of drug-likeness (QED) is 0.319. The van der Waals surface area contributed by atoms with Gasteiger partial charge in [0.1, 0.15) is 17.0 Å². The number of hydrogen-bond acceptors (Lipinski definition) is 3. The van der Waals surface area contributed by atoms with E-state index in [1.54, 1.807) is 18.3 Å². The summed E-state index contributed by atoms with van der Waals surface area (Å²) in [5.41, 5.74) is 4.86. The van der Waals surface area contributed by atoms with Gasteiger partial charge in [-0.3, -0.25) is 0 Å². The van der Waals surface area contributed by atoms with E-state index in [0.717, 1.165) is 40.8 Å². The molecule has 0 spiro atoms. The molecule has 0 aliphatic carbocycles. The molecule has 2 heterocycles. The number of anilines is 1. The van der Waals surface area contributed by atoms with Gasteiger partial charge in [-0.25, -0.2) is 4.79 Å². The molecule has 1 N–H and O–H groups in total. The predicted molar refractivity (Wildman–Crippen MR) is 137 cm³/mol. The van der Waals surface area contributed by atoms with Crippen molar-refractivity contribution in [1.29, 1.82) is 0 Å². The van der Waals surface area contributed by atoms with Crippen LogP contribution in [0.1, 0.15) is 25.8 Å². The molecular weight excluding hydrogens is 469 g/mol. The maximum absolute atomic E-state index is 13.1. The Labute approximate surface area is 208 Å². The summed E-state index contributed by atoms with van der Waals surface area (Å²) < 4.78 is 7.37. The Balaban J connectivity index is 1.46. The highest BCUT2D eigenvalue weighted by Crippen LogP contribution is 2.35. The maximum Gasteiger partial charge on any atom is 0.346 e. The van der Waals surface area contributed by atoms with Gasteiger partial charge in [0.05, 0.1) is 0 Å². The van der Waals surface area contributed by atoms with Gasteiger partial charge in [-0.1, -0.05) is 47.5 Å². The van der Waals surface area contributed by atoms with E-state index >= 15 is 0 Å². The van der Waals surface area contributed by atoms with Gasteiger partial charge in [-0.2, -0.15) is 9.78 Å². The van der Waals surface area contributed by atoms with E-state index in [2.05, 4.69) is 24.3 Å². The van der Waals surface area contributed by atoms with Crippen LogP contribution in [-0.2, 0) is 6.42 Å². The number of nitrogens with zero attached hydrogens (tertiary/aromatic N) is 2. The van der Waals surface area contributed by atoms with Crippen molar-refractivity contribution in [3.8, 4) is 28.1 Å². The molecule has 1 amide bonds. The second-order valence-electron chi connectivity index (χ2n) is 8.96. The van der Waals surface area contributed by atoms with Crippen LogP contribution in [0.2, 0.25) is 10.0 Å². The smallest absolute Gasteiger partial charge is 0.346 e. The van der Waals surface area contributed by atoms with Gasteiger partial charge >= 0.3 is 6.03 Å². The highest BCUT2D eigenvalue weighted by molar-refractivity contribution is 6.31. The summed E-state index contributed by atoms with van der Waals surface area (Å²) in [6.45, 7) is 4.17. The van der Waals surface area contributed by atoms with Gasteiger partial charge in [-0.05, 0) is 80.3 Å². The monoisotopic (exact) mass is 491 g/mol. The zero-order chi connectivity index (χ0) is 23.9. The van der Waals surface area contributed by atoms with E-state index in [1.807, 2.05) is 54.6 Å². The number of carbonyl (C=O) groups is 1. The minimum Gasteiger partial charge on any atom is -0.488 e. The number of carbonyl (C=O) groups excluding carboxylic acids is 1. The first-order chi connectivity index (χ1) is 16.3. The third-order valence-corrected chi connectivity index (χ3v) is 6.39. The molecule has 1 aromatic heterocycles. The SMILES string of the molecule is CC1(C)CCc2cc(NC(=O)n3cc(-c4ccc(Cl)cc4)c(-c4ccc(Cl)cc4)n3)ccc2O1. The molecule has 172 valence electrons. The molecule has 34 heavy (non-hydrogen) atoms. The first kappa shape index (κ1) is 22.5. The third kappa shape index (κ3) is 4.67. The minimum absolute atomic E-state index is 0.178. The number of hydrogen-bond donors (Lipinski definition) is 1. The summed E-state index contributed by atoms with van der Waals surface area (Å²) >= 11 is 12.1. The summed E-state index contributed by atoms with van der Waals surface area (Å²) in [5, 5.41) is 8.84. The fraction of sp³-hybridized carbons (Fsp3) is 0.185. The number of halogens is 2. The van der Waals surface area contributed by atoms with Gasteiger partial charge in [0.2, 0.25) is 0 Å². The fourth-order valence-corrected chi connectivity index (χ4v) is 4.31. The Kier molecular flexibility index (Phi) is 5.84. The third-order valence-electron chi connectivity index (χ3n) is 5.89. The number of aromatic nitrogens is 2. The van der Waals surface area contributed by atoms with E-state index in [4.69, 9.17) is 27.9 Å². The van der Waals surface area contributed by atoms with Crippen LogP contribution in [0.4, 0.5) is 10.5 Å². The number of rotatable bonds is 3. The number of fused-ring (bicyclic) bond motifs is 1. The van der Waals surface area contributed by atoms with Gasteiger partial charge < -0.3 is 10.1 Å². The first-order valence-electron chi connectivity index (χ1n) is 11.0. The van der Waals surface area contributed by atoms with Gasteiger partial charge in [0.25, 0.3) is 0 Å². The van der Waals surface area contributed by atoms with Crippen molar-refractivity contribution in [3.05, 3.63) is 88.5 Å².